The number of aromatic nitrogens is 1. The first-order valence-electron chi connectivity index (χ1n) is 6.37. The number of likely N-dealkylation sites (N-methyl/N-ethyl adjacent to an activating group) is 1. The second kappa shape index (κ2) is 5.02. The second-order valence-electron chi connectivity index (χ2n) is 5.10. The molecule has 1 saturated carbocycles. The Balaban J connectivity index is 2.15. The largest absolute Gasteiger partial charge is 0.397 e. The van der Waals surface area contributed by atoms with Crippen LogP contribution < -0.4 is 5.73 Å². The molecule has 0 spiro atoms. The molecule has 1 amide bonds. The Hall–Kier alpha value is -1.49. The monoisotopic (exact) mass is 251 g/mol. The number of nitrogens with zero attached hydrogens (tertiary/aromatic N) is 2. The van der Waals surface area contributed by atoms with Gasteiger partial charge in [-0.15, -0.1) is 0 Å². The number of rotatable bonds is 2. The van der Waals surface area contributed by atoms with Gasteiger partial charge in [0.05, 0.1) is 17.8 Å². The van der Waals surface area contributed by atoms with Crippen LogP contribution in [-0.2, 0) is 7.05 Å². The molecular formula is C13H21N3O2. The van der Waals surface area contributed by atoms with E-state index in [0.717, 1.165) is 25.7 Å². The molecule has 0 aromatic carbocycles. The van der Waals surface area contributed by atoms with Crippen LogP contribution in [0.15, 0.2) is 12.3 Å². The standard InChI is InChI=1S/C13H21N3O2/c1-15-8-9(14)7-11(15)13(18)16(2)10-5-3-4-6-12(10)17/h7-8,10,12,17H,3-6,14H2,1-2H3. The molecule has 1 aliphatic carbocycles. The molecule has 3 N–H and O–H groups in total. The fourth-order valence-electron chi connectivity index (χ4n) is 2.68. The number of hydrogen-bond donors (Lipinski definition) is 2. The maximum Gasteiger partial charge on any atom is 0.270 e. The fourth-order valence-corrected chi connectivity index (χ4v) is 2.68. The van der Waals surface area contributed by atoms with Gasteiger partial charge in [0.25, 0.3) is 5.91 Å². The van der Waals surface area contributed by atoms with Gasteiger partial charge in [0, 0.05) is 20.3 Å². The summed E-state index contributed by atoms with van der Waals surface area (Å²) in [5, 5.41) is 9.98. The van der Waals surface area contributed by atoms with Crippen LogP contribution in [-0.4, -0.2) is 39.7 Å². The van der Waals surface area contributed by atoms with Crippen molar-refractivity contribution in [2.75, 3.05) is 12.8 Å². The van der Waals surface area contributed by atoms with Gasteiger partial charge in [0.2, 0.25) is 0 Å². The summed E-state index contributed by atoms with van der Waals surface area (Å²) in [6, 6.07) is 1.59. The van der Waals surface area contributed by atoms with Crippen molar-refractivity contribution in [3.05, 3.63) is 18.0 Å². The maximum absolute atomic E-state index is 12.4. The normalized spacial score (nSPS) is 23.9. The molecule has 5 nitrogen and oxygen atoms in total. The molecule has 1 aromatic heterocycles. The SMILES string of the molecule is CN(C(=O)c1cc(N)cn1C)C1CCCCC1O. The molecule has 1 fully saturated rings. The van der Waals surface area contributed by atoms with E-state index in [4.69, 9.17) is 5.73 Å². The van der Waals surface area contributed by atoms with Gasteiger partial charge in [-0.25, -0.2) is 0 Å². The molecule has 2 atom stereocenters. The maximum atomic E-state index is 12.4. The number of nitrogens with two attached hydrogens (primary N) is 1. The Labute approximate surface area is 107 Å². The number of aliphatic hydroxyl groups excluding tert-OH is 1. The summed E-state index contributed by atoms with van der Waals surface area (Å²) < 4.78 is 1.73. The predicted molar refractivity (Wildman–Crippen MR) is 70.2 cm³/mol. The van der Waals surface area contributed by atoms with Crippen LogP contribution in [0.3, 0.4) is 0 Å². The van der Waals surface area contributed by atoms with Gasteiger partial charge < -0.3 is 20.3 Å². The van der Waals surface area contributed by atoms with Crippen molar-refractivity contribution in [1.29, 1.82) is 0 Å². The van der Waals surface area contributed by atoms with Gasteiger partial charge in [-0.1, -0.05) is 12.8 Å². The summed E-state index contributed by atoms with van der Waals surface area (Å²) in [5.41, 5.74) is 6.83. The molecular weight excluding hydrogens is 230 g/mol. The Bertz CT molecular complexity index is 441. The Morgan fingerprint density at radius 2 is 2.17 bits per heavy atom. The van der Waals surface area contributed by atoms with E-state index in [1.54, 1.807) is 35.8 Å². The molecule has 18 heavy (non-hydrogen) atoms. The van der Waals surface area contributed by atoms with Gasteiger partial charge in [-0.3, -0.25) is 4.79 Å². The summed E-state index contributed by atoms with van der Waals surface area (Å²) >= 11 is 0. The van der Waals surface area contributed by atoms with Crippen LogP contribution in [0.4, 0.5) is 5.69 Å². The first kappa shape index (κ1) is 13.0. The molecule has 100 valence electrons. The Morgan fingerprint density at radius 3 is 2.72 bits per heavy atom. The third-order valence-electron chi connectivity index (χ3n) is 3.76. The van der Waals surface area contributed by atoms with Crippen LogP contribution in [0, 0.1) is 0 Å². The minimum absolute atomic E-state index is 0.0811. The lowest BCUT2D eigenvalue weighted by Crippen LogP contribution is -2.46. The average molecular weight is 251 g/mol. The van der Waals surface area contributed by atoms with E-state index in [1.165, 1.54) is 0 Å². The molecule has 0 bridgehead atoms. The lowest BCUT2D eigenvalue weighted by atomic mass is 9.91. The summed E-state index contributed by atoms with van der Waals surface area (Å²) in [4.78, 5) is 14.0. The molecule has 1 aromatic rings. The highest BCUT2D eigenvalue weighted by atomic mass is 16.3. The van der Waals surface area contributed by atoms with Crippen LogP contribution in [0.25, 0.3) is 0 Å². The zero-order chi connectivity index (χ0) is 13.3. The zero-order valence-electron chi connectivity index (χ0n) is 11.0. The molecule has 0 radical (unpaired) electrons. The van der Waals surface area contributed by atoms with E-state index in [2.05, 4.69) is 0 Å². The number of carbonyl (C=O) groups is 1. The van der Waals surface area contributed by atoms with E-state index < -0.39 is 6.10 Å². The van der Waals surface area contributed by atoms with Crippen molar-refractivity contribution in [1.82, 2.24) is 9.47 Å². The first-order chi connectivity index (χ1) is 8.50. The van der Waals surface area contributed by atoms with Crippen molar-refractivity contribution in [2.24, 2.45) is 7.05 Å². The van der Waals surface area contributed by atoms with Gasteiger partial charge in [-0.2, -0.15) is 0 Å². The minimum Gasteiger partial charge on any atom is -0.397 e. The van der Waals surface area contributed by atoms with Crippen molar-refractivity contribution in [3.8, 4) is 0 Å². The summed E-state index contributed by atoms with van der Waals surface area (Å²) in [5.74, 6) is -0.0832. The topological polar surface area (TPSA) is 71.5 Å². The molecule has 1 heterocycles. The lowest BCUT2D eigenvalue weighted by Gasteiger charge is -2.35. The lowest BCUT2D eigenvalue weighted by molar-refractivity contribution is 0.0262. The van der Waals surface area contributed by atoms with E-state index in [0.29, 0.717) is 11.4 Å². The number of amides is 1. The van der Waals surface area contributed by atoms with Crippen LogP contribution >= 0.6 is 0 Å². The van der Waals surface area contributed by atoms with Gasteiger partial charge in [0.1, 0.15) is 5.69 Å². The zero-order valence-corrected chi connectivity index (χ0v) is 11.0. The number of carbonyl (C=O) groups excluding carboxylic acids is 1. The second-order valence-corrected chi connectivity index (χ2v) is 5.10. The van der Waals surface area contributed by atoms with E-state index in [9.17, 15) is 9.90 Å². The van der Waals surface area contributed by atoms with Crippen LogP contribution in [0.1, 0.15) is 36.2 Å². The summed E-state index contributed by atoms with van der Waals surface area (Å²) in [7, 11) is 3.56. The third-order valence-corrected chi connectivity index (χ3v) is 3.76. The number of hydrogen-bond acceptors (Lipinski definition) is 3. The molecule has 5 heteroatoms. The van der Waals surface area contributed by atoms with E-state index in [1.807, 2.05) is 0 Å². The van der Waals surface area contributed by atoms with Crippen molar-refractivity contribution >= 4 is 11.6 Å². The summed E-state index contributed by atoms with van der Waals surface area (Å²) in [6.45, 7) is 0. The number of aliphatic hydroxyl groups is 1. The van der Waals surface area contributed by atoms with Crippen molar-refractivity contribution in [2.45, 2.75) is 37.8 Å². The smallest absolute Gasteiger partial charge is 0.270 e. The summed E-state index contributed by atoms with van der Waals surface area (Å²) in [6.07, 6.45) is 5.05. The van der Waals surface area contributed by atoms with Gasteiger partial charge in [0.15, 0.2) is 0 Å². The number of anilines is 1. The minimum atomic E-state index is -0.412. The number of aryl methyl sites for hydroxylation is 1. The van der Waals surface area contributed by atoms with Gasteiger partial charge >= 0.3 is 0 Å². The third kappa shape index (κ3) is 2.36. The molecule has 0 saturated heterocycles. The fraction of sp³-hybridized carbons (Fsp3) is 0.615. The first-order valence-corrected chi connectivity index (χ1v) is 6.37. The highest BCUT2D eigenvalue weighted by Gasteiger charge is 2.30. The highest BCUT2D eigenvalue weighted by molar-refractivity contribution is 5.93. The Kier molecular flexibility index (Phi) is 3.61. The average Bonchev–Trinajstić information content (AvgIpc) is 2.67. The predicted octanol–water partition coefficient (Wildman–Crippen LogP) is 0.983. The molecule has 0 aliphatic heterocycles. The molecule has 1 aliphatic rings. The van der Waals surface area contributed by atoms with E-state index in [-0.39, 0.29) is 11.9 Å². The van der Waals surface area contributed by atoms with Crippen LogP contribution in [0.2, 0.25) is 0 Å². The van der Waals surface area contributed by atoms with Crippen molar-refractivity contribution < 1.29 is 9.90 Å². The quantitative estimate of drug-likeness (QED) is 0.823. The molecule has 2 rings (SSSR count). The molecule has 2 unspecified atom stereocenters. The number of nitrogen functional groups attached to an aromatic ring is 1. The Morgan fingerprint density at radius 1 is 1.50 bits per heavy atom. The van der Waals surface area contributed by atoms with Gasteiger partial charge in [-0.05, 0) is 18.9 Å². The van der Waals surface area contributed by atoms with Crippen LogP contribution in [0.5, 0.6) is 0 Å². The van der Waals surface area contributed by atoms with Crippen molar-refractivity contribution in [3.63, 3.8) is 0 Å². The van der Waals surface area contributed by atoms with E-state index >= 15 is 0 Å². The highest BCUT2D eigenvalue weighted by Crippen LogP contribution is 2.24.